The van der Waals surface area contributed by atoms with E-state index in [-0.39, 0.29) is 0 Å². The van der Waals surface area contributed by atoms with Crippen molar-refractivity contribution in [1.82, 2.24) is 10.3 Å². The highest BCUT2D eigenvalue weighted by Crippen LogP contribution is 2.23. The quantitative estimate of drug-likeness (QED) is 0.891. The number of hydrogen-bond donors (Lipinski definition) is 1. The Morgan fingerprint density at radius 2 is 2.16 bits per heavy atom. The summed E-state index contributed by atoms with van der Waals surface area (Å²) >= 11 is 0. The Hall–Kier alpha value is -2.12. The molecule has 2 aromatic rings. The fourth-order valence-corrected chi connectivity index (χ4v) is 1.79. The van der Waals surface area contributed by atoms with Crippen LogP contribution in [0.4, 0.5) is 0 Å². The second kappa shape index (κ2) is 5.68. The van der Waals surface area contributed by atoms with E-state index in [1.807, 2.05) is 37.3 Å². The molecule has 0 spiro atoms. The molecule has 1 unspecified atom stereocenters. The van der Waals surface area contributed by atoms with E-state index in [1.54, 1.807) is 13.2 Å². The number of nitrogens with zero attached hydrogens (tertiary/aromatic N) is 2. The number of ether oxygens (including phenoxy) is 1. The van der Waals surface area contributed by atoms with Crippen molar-refractivity contribution in [1.29, 1.82) is 5.26 Å². The highest BCUT2D eigenvalue weighted by molar-refractivity contribution is 5.84. The van der Waals surface area contributed by atoms with Crippen molar-refractivity contribution in [2.24, 2.45) is 0 Å². The van der Waals surface area contributed by atoms with Crippen LogP contribution in [0.15, 0.2) is 36.5 Å². The van der Waals surface area contributed by atoms with Gasteiger partial charge in [-0.2, -0.15) is 5.26 Å². The van der Waals surface area contributed by atoms with E-state index in [0.29, 0.717) is 13.0 Å². The predicted molar refractivity (Wildman–Crippen MR) is 74.9 cm³/mol. The number of nitrogens with one attached hydrogen (secondary N) is 1. The van der Waals surface area contributed by atoms with E-state index in [4.69, 9.17) is 10.00 Å². The number of benzene rings is 1. The molecule has 2 rings (SSSR count). The lowest BCUT2D eigenvalue weighted by Crippen LogP contribution is -2.39. The molecule has 0 aliphatic carbocycles. The van der Waals surface area contributed by atoms with Crippen molar-refractivity contribution in [3.8, 4) is 11.8 Å². The molecule has 1 aromatic carbocycles. The summed E-state index contributed by atoms with van der Waals surface area (Å²) in [6.45, 7) is 2.33. The summed E-state index contributed by atoms with van der Waals surface area (Å²) < 4.78 is 5.77. The second-order valence-electron chi connectivity index (χ2n) is 4.62. The lowest BCUT2D eigenvalue weighted by molar-refractivity contribution is 0.275. The summed E-state index contributed by atoms with van der Waals surface area (Å²) in [4.78, 5) is 4.33. The molecule has 0 fully saturated rings. The molecule has 0 saturated heterocycles. The fraction of sp³-hybridized carbons (Fsp3) is 0.333. The van der Waals surface area contributed by atoms with Crippen molar-refractivity contribution in [2.75, 3.05) is 13.7 Å². The number of aromatic nitrogens is 1. The summed E-state index contributed by atoms with van der Waals surface area (Å²) in [5.41, 5.74) is 0.297. The van der Waals surface area contributed by atoms with Gasteiger partial charge in [-0.15, -0.1) is 0 Å². The van der Waals surface area contributed by atoms with Crippen LogP contribution in [0.5, 0.6) is 5.75 Å². The fourth-order valence-electron chi connectivity index (χ4n) is 1.79. The zero-order chi connectivity index (χ0) is 13.7. The van der Waals surface area contributed by atoms with Gasteiger partial charge < -0.3 is 10.1 Å². The third-order valence-corrected chi connectivity index (χ3v) is 3.25. The van der Waals surface area contributed by atoms with Gasteiger partial charge in [-0.3, -0.25) is 4.98 Å². The van der Waals surface area contributed by atoms with Gasteiger partial charge in [0.1, 0.15) is 16.8 Å². The molecule has 1 heterocycles. The van der Waals surface area contributed by atoms with Gasteiger partial charge in [0, 0.05) is 18.0 Å². The molecule has 0 aliphatic rings. The highest BCUT2D eigenvalue weighted by Gasteiger charge is 2.20. The first-order chi connectivity index (χ1) is 9.18. The average Bonchev–Trinajstić information content (AvgIpc) is 2.47. The normalized spacial score (nSPS) is 13.7. The SMILES string of the molecule is CNC(C)(C#N)CCOc1cccc2cccnc12. The van der Waals surface area contributed by atoms with Gasteiger partial charge in [-0.05, 0) is 26.1 Å². The molecule has 4 heteroatoms. The number of para-hydroxylation sites is 1. The first-order valence-electron chi connectivity index (χ1n) is 6.25. The van der Waals surface area contributed by atoms with Gasteiger partial charge in [0.05, 0.1) is 12.7 Å². The molecule has 0 amide bonds. The maximum atomic E-state index is 9.07. The topological polar surface area (TPSA) is 57.9 Å². The summed E-state index contributed by atoms with van der Waals surface area (Å²) in [6, 6.07) is 12.0. The zero-order valence-electron chi connectivity index (χ0n) is 11.2. The van der Waals surface area contributed by atoms with E-state index in [9.17, 15) is 0 Å². The molecular weight excluding hydrogens is 238 g/mol. The molecule has 1 atom stereocenters. The number of fused-ring (bicyclic) bond motifs is 1. The van der Waals surface area contributed by atoms with Crippen LogP contribution < -0.4 is 10.1 Å². The Bertz CT molecular complexity index is 600. The lowest BCUT2D eigenvalue weighted by Gasteiger charge is -2.20. The molecular formula is C15H17N3O. The van der Waals surface area contributed by atoms with Gasteiger partial charge >= 0.3 is 0 Å². The maximum Gasteiger partial charge on any atom is 0.145 e. The Labute approximate surface area is 113 Å². The molecule has 0 bridgehead atoms. The van der Waals surface area contributed by atoms with Crippen LogP contribution in [0.2, 0.25) is 0 Å². The van der Waals surface area contributed by atoms with E-state index < -0.39 is 5.54 Å². The van der Waals surface area contributed by atoms with Crippen molar-refractivity contribution >= 4 is 10.9 Å². The van der Waals surface area contributed by atoms with E-state index >= 15 is 0 Å². The number of rotatable bonds is 5. The summed E-state index contributed by atoms with van der Waals surface area (Å²) in [5.74, 6) is 0.759. The smallest absolute Gasteiger partial charge is 0.145 e. The number of pyridine rings is 1. The van der Waals surface area contributed by atoms with Crippen LogP contribution in [-0.2, 0) is 0 Å². The summed E-state index contributed by atoms with van der Waals surface area (Å²) in [7, 11) is 1.78. The molecule has 4 nitrogen and oxygen atoms in total. The molecule has 0 saturated carbocycles. The number of nitriles is 1. The van der Waals surface area contributed by atoms with Crippen LogP contribution >= 0.6 is 0 Å². The van der Waals surface area contributed by atoms with Crippen molar-refractivity contribution in [2.45, 2.75) is 18.9 Å². The molecule has 0 radical (unpaired) electrons. The molecule has 19 heavy (non-hydrogen) atoms. The second-order valence-corrected chi connectivity index (χ2v) is 4.62. The third kappa shape index (κ3) is 3.01. The average molecular weight is 255 g/mol. The van der Waals surface area contributed by atoms with E-state index in [1.165, 1.54) is 0 Å². The van der Waals surface area contributed by atoms with Crippen LogP contribution in [0.3, 0.4) is 0 Å². The number of hydrogen-bond acceptors (Lipinski definition) is 4. The minimum Gasteiger partial charge on any atom is -0.491 e. The van der Waals surface area contributed by atoms with Crippen molar-refractivity contribution in [3.63, 3.8) is 0 Å². The maximum absolute atomic E-state index is 9.07. The largest absolute Gasteiger partial charge is 0.491 e. The molecule has 98 valence electrons. The van der Waals surface area contributed by atoms with Crippen LogP contribution in [0, 0.1) is 11.3 Å². The minimum absolute atomic E-state index is 0.473. The predicted octanol–water partition coefficient (Wildman–Crippen LogP) is 2.51. The van der Waals surface area contributed by atoms with Gasteiger partial charge in [-0.1, -0.05) is 18.2 Å². The molecule has 1 aromatic heterocycles. The van der Waals surface area contributed by atoms with Crippen LogP contribution in [0.1, 0.15) is 13.3 Å². The van der Waals surface area contributed by atoms with Crippen LogP contribution in [-0.4, -0.2) is 24.2 Å². The van der Waals surface area contributed by atoms with Gasteiger partial charge in [-0.25, -0.2) is 0 Å². The Balaban J connectivity index is 2.09. The Morgan fingerprint density at radius 3 is 2.89 bits per heavy atom. The molecule has 0 aliphatic heterocycles. The highest BCUT2D eigenvalue weighted by atomic mass is 16.5. The summed E-state index contributed by atoms with van der Waals surface area (Å²) in [5, 5.41) is 13.1. The van der Waals surface area contributed by atoms with E-state index in [0.717, 1.165) is 16.7 Å². The standard InChI is InChI=1S/C15H17N3O/c1-15(11-16,17-2)8-10-19-13-7-3-5-12-6-4-9-18-14(12)13/h3-7,9,17H,8,10H2,1-2H3. The Kier molecular flexibility index (Phi) is 3.98. The minimum atomic E-state index is -0.558. The van der Waals surface area contributed by atoms with Gasteiger partial charge in [0.2, 0.25) is 0 Å². The summed E-state index contributed by atoms with van der Waals surface area (Å²) in [6.07, 6.45) is 2.37. The van der Waals surface area contributed by atoms with Crippen LogP contribution in [0.25, 0.3) is 10.9 Å². The Morgan fingerprint density at radius 1 is 1.37 bits per heavy atom. The van der Waals surface area contributed by atoms with Crippen molar-refractivity contribution < 1.29 is 4.74 Å². The van der Waals surface area contributed by atoms with Gasteiger partial charge in [0.15, 0.2) is 0 Å². The van der Waals surface area contributed by atoms with E-state index in [2.05, 4.69) is 16.4 Å². The monoisotopic (exact) mass is 255 g/mol. The first-order valence-corrected chi connectivity index (χ1v) is 6.25. The zero-order valence-corrected chi connectivity index (χ0v) is 11.2. The lowest BCUT2D eigenvalue weighted by atomic mass is 10.0. The van der Waals surface area contributed by atoms with Gasteiger partial charge in [0.25, 0.3) is 0 Å². The first kappa shape index (κ1) is 13.3. The van der Waals surface area contributed by atoms with Crippen molar-refractivity contribution in [3.05, 3.63) is 36.5 Å². The third-order valence-electron chi connectivity index (χ3n) is 3.25. The molecule has 1 N–H and O–H groups in total.